The van der Waals surface area contributed by atoms with E-state index < -0.39 is 5.60 Å². The smallest absolute Gasteiger partial charge is 0.109 e. The molecule has 2 aliphatic rings. The van der Waals surface area contributed by atoms with Gasteiger partial charge < -0.3 is 14.3 Å². The van der Waals surface area contributed by atoms with E-state index in [9.17, 15) is 5.11 Å². The van der Waals surface area contributed by atoms with Gasteiger partial charge in [0.2, 0.25) is 0 Å². The number of hydrogen-bond donors (Lipinski definition) is 1. The molecule has 1 aromatic heterocycles. The van der Waals surface area contributed by atoms with Crippen LogP contribution >= 0.6 is 0 Å². The van der Waals surface area contributed by atoms with Crippen LogP contribution in [0.15, 0.2) is 16.7 Å². The van der Waals surface area contributed by atoms with Crippen LogP contribution in [0.5, 0.6) is 0 Å². The molecule has 2 heterocycles. The third kappa shape index (κ3) is 2.34. The molecule has 0 radical (unpaired) electrons. The maximum atomic E-state index is 10.8. The van der Waals surface area contributed by atoms with Crippen LogP contribution in [-0.2, 0) is 16.8 Å². The van der Waals surface area contributed by atoms with Crippen molar-refractivity contribution in [1.82, 2.24) is 0 Å². The molecule has 1 aliphatic heterocycles. The summed E-state index contributed by atoms with van der Waals surface area (Å²) in [6.07, 6.45) is 10.3. The summed E-state index contributed by atoms with van der Waals surface area (Å²) >= 11 is 0. The van der Waals surface area contributed by atoms with Gasteiger partial charge in [-0.3, -0.25) is 0 Å². The number of aliphatic hydroxyl groups is 1. The molecule has 100 valence electrons. The molecular weight excluding hydrogens is 228 g/mol. The fraction of sp³-hybridized carbons (Fsp3) is 0.733. The summed E-state index contributed by atoms with van der Waals surface area (Å²) in [5.74, 6) is 0.987. The van der Waals surface area contributed by atoms with E-state index in [1.807, 2.05) is 6.07 Å². The van der Waals surface area contributed by atoms with Crippen molar-refractivity contribution in [1.29, 1.82) is 0 Å². The van der Waals surface area contributed by atoms with Crippen LogP contribution in [0.2, 0.25) is 0 Å². The van der Waals surface area contributed by atoms with Gasteiger partial charge >= 0.3 is 0 Å². The van der Waals surface area contributed by atoms with E-state index in [1.54, 1.807) is 6.26 Å². The third-order valence-electron chi connectivity index (χ3n) is 4.38. The second-order valence-electron chi connectivity index (χ2n) is 5.67. The number of ether oxygens (including phenoxy) is 1. The first-order chi connectivity index (χ1) is 8.78. The Morgan fingerprint density at radius 3 is 3.17 bits per heavy atom. The van der Waals surface area contributed by atoms with Gasteiger partial charge in [-0.05, 0) is 51.0 Å². The molecule has 0 bridgehead atoms. The molecule has 1 aliphatic carbocycles. The molecule has 3 heteroatoms. The molecule has 18 heavy (non-hydrogen) atoms. The number of rotatable bonds is 4. The SMILES string of the molecule is OC1(CCCC2CCCO2)CCCc2occc21. The van der Waals surface area contributed by atoms with Crippen molar-refractivity contribution in [3.05, 3.63) is 23.7 Å². The first kappa shape index (κ1) is 12.2. The molecule has 1 fully saturated rings. The Kier molecular flexibility index (Phi) is 3.44. The number of aryl methyl sites for hydroxylation is 1. The summed E-state index contributed by atoms with van der Waals surface area (Å²) in [6, 6.07) is 1.95. The second kappa shape index (κ2) is 5.06. The highest BCUT2D eigenvalue weighted by Crippen LogP contribution is 2.39. The first-order valence-electron chi connectivity index (χ1n) is 7.19. The standard InChI is InChI=1S/C15H22O3/c16-15(8-1-4-12-5-3-10-17-12)9-2-6-14-13(15)7-11-18-14/h7,11-12,16H,1-6,8-10H2. The minimum absolute atomic E-state index is 0.431. The van der Waals surface area contributed by atoms with Gasteiger partial charge in [-0.15, -0.1) is 0 Å². The highest BCUT2D eigenvalue weighted by molar-refractivity contribution is 5.27. The highest BCUT2D eigenvalue weighted by Gasteiger charge is 2.35. The molecule has 1 saturated heterocycles. The zero-order valence-corrected chi connectivity index (χ0v) is 10.9. The van der Waals surface area contributed by atoms with Crippen molar-refractivity contribution in [3.63, 3.8) is 0 Å². The third-order valence-corrected chi connectivity index (χ3v) is 4.38. The molecule has 0 spiro atoms. The second-order valence-corrected chi connectivity index (χ2v) is 5.67. The molecule has 1 N–H and O–H groups in total. The van der Waals surface area contributed by atoms with Crippen molar-refractivity contribution in [2.75, 3.05) is 6.61 Å². The predicted octanol–water partition coefficient (Wildman–Crippen LogP) is 3.15. The highest BCUT2D eigenvalue weighted by atomic mass is 16.5. The Morgan fingerprint density at radius 1 is 1.39 bits per heavy atom. The summed E-state index contributed by atoms with van der Waals surface area (Å²) in [7, 11) is 0. The number of fused-ring (bicyclic) bond motifs is 1. The molecule has 2 atom stereocenters. The van der Waals surface area contributed by atoms with E-state index >= 15 is 0 Å². The number of furan rings is 1. The molecule has 3 nitrogen and oxygen atoms in total. The average Bonchev–Trinajstić information content (AvgIpc) is 2.99. The van der Waals surface area contributed by atoms with Crippen LogP contribution < -0.4 is 0 Å². The van der Waals surface area contributed by atoms with Gasteiger partial charge in [-0.2, -0.15) is 0 Å². The molecule has 2 unspecified atom stereocenters. The Bertz CT molecular complexity index is 392. The van der Waals surface area contributed by atoms with E-state index in [0.29, 0.717) is 6.10 Å². The zero-order chi connectivity index (χ0) is 12.4. The summed E-state index contributed by atoms with van der Waals surface area (Å²) in [4.78, 5) is 0. The van der Waals surface area contributed by atoms with Crippen molar-refractivity contribution < 1.29 is 14.3 Å². The molecule has 0 aromatic carbocycles. The van der Waals surface area contributed by atoms with Crippen molar-refractivity contribution in [3.8, 4) is 0 Å². The van der Waals surface area contributed by atoms with Gasteiger partial charge in [0.25, 0.3) is 0 Å². The predicted molar refractivity (Wildman–Crippen MR) is 68.4 cm³/mol. The van der Waals surface area contributed by atoms with E-state index in [4.69, 9.17) is 9.15 Å². The first-order valence-corrected chi connectivity index (χ1v) is 7.19. The van der Waals surface area contributed by atoms with Gasteiger partial charge in [0.05, 0.1) is 18.0 Å². The van der Waals surface area contributed by atoms with Crippen LogP contribution in [-0.4, -0.2) is 17.8 Å². The largest absolute Gasteiger partial charge is 0.469 e. The van der Waals surface area contributed by atoms with E-state index in [1.165, 1.54) is 12.8 Å². The summed E-state index contributed by atoms with van der Waals surface area (Å²) in [6.45, 7) is 0.917. The lowest BCUT2D eigenvalue weighted by Crippen LogP contribution is -2.30. The van der Waals surface area contributed by atoms with Crippen LogP contribution in [0.4, 0.5) is 0 Å². The quantitative estimate of drug-likeness (QED) is 0.892. The van der Waals surface area contributed by atoms with Crippen LogP contribution in [0.1, 0.15) is 56.3 Å². The minimum atomic E-state index is -0.654. The normalized spacial score (nSPS) is 31.5. The van der Waals surface area contributed by atoms with E-state index in [2.05, 4.69) is 0 Å². The minimum Gasteiger partial charge on any atom is -0.469 e. The molecule has 3 rings (SSSR count). The molecular formula is C15H22O3. The lowest BCUT2D eigenvalue weighted by atomic mass is 9.79. The van der Waals surface area contributed by atoms with Gasteiger partial charge in [0, 0.05) is 18.6 Å². The van der Waals surface area contributed by atoms with E-state index in [-0.39, 0.29) is 0 Å². The van der Waals surface area contributed by atoms with Crippen molar-refractivity contribution >= 4 is 0 Å². The lowest BCUT2D eigenvalue weighted by molar-refractivity contribution is 0.00146. The topological polar surface area (TPSA) is 42.6 Å². The molecule has 0 amide bonds. The fourth-order valence-corrected chi connectivity index (χ4v) is 3.38. The van der Waals surface area contributed by atoms with Gasteiger partial charge in [0.15, 0.2) is 0 Å². The lowest BCUT2D eigenvalue weighted by Gasteiger charge is -2.32. The fourth-order valence-electron chi connectivity index (χ4n) is 3.38. The van der Waals surface area contributed by atoms with Crippen LogP contribution in [0, 0.1) is 0 Å². The van der Waals surface area contributed by atoms with Crippen LogP contribution in [0.25, 0.3) is 0 Å². The Labute approximate surface area is 108 Å². The van der Waals surface area contributed by atoms with E-state index in [0.717, 1.165) is 56.5 Å². The van der Waals surface area contributed by atoms with Crippen molar-refractivity contribution in [2.24, 2.45) is 0 Å². The van der Waals surface area contributed by atoms with Gasteiger partial charge in [0.1, 0.15) is 5.76 Å². The van der Waals surface area contributed by atoms with Gasteiger partial charge in [-0.1, -0.05) is 0 Å². The Hall–Kier alpha value is -0.800. The Morgan fingerprint density at radius 2 is 2.33 bits per heavy atom. The maximum Gasteiger partial charge on any atom is 0.109 e. The summed E-state index contributed by atoms with van der Waals surface area (Å²) < 4.78 is 11.1. The Balaban J connectivity index is 1.58. The molecule has 0 saturated carbocycles. The van der Waals surface area contributed by atoms with Gasteiger partial charge in [-0.25, -0.2) is 0 Å². The zero-order valence-electron chi connectivity index (χ0n) is 10.9. The summed E-state index contributed by atoms with van der Waals surface area (Å²) in [5.41, 5.74) is 0.375. The average molecular weight is 250 g/mol. The summed E-state index contributed by atoms with van der Waals surface area (Å²) in [5, 5.41) is 10.8. The number of hydrogen-bond acceptors (Lipinski definition) is 3. The molecule has 1 aromatic rings. The monoisotopic (exact) mass is 250 g/mol. The maximum absolute atomic E-state index is 10.8. The van der Waals surface area contributed by atoms with Crippen molar-refractivity contribution in [2.45, 2.75) is 63.1 Å². The van der Waals surface area contributed by atoms with Crippen LogP contribution in [0.3, 0.4) is 0 Å².